The van der Waals surface area contributed by atoms with Crippen molar-refractivity contribution in [1.29, 1.82) is 0 Å². The van der Waals surface area contributed by atoms with E-state index in [1.807, 2.05) is 53.0 Å². The summed E-state index contributed by atoms with van der Waals surface area (Å²) in [7, 11) is 0. The lowest BCUT2D eigenvalue weighted by Crippen LogP contribution is -2.41. The Hall–Kier alpha value is -2.63. The second kappa shape index (κ2) is 6.35. The number of likely N-dealkylation sites (tertiary alicyclic amines) is 1. The Bertz CT molecular complexity index is 910. The van der Waals surface area contributed by atoms with Crippen LogP contribution in [0.15, 0.2) is 36.8 Å². The lowest BCUT2D eigenvalue weighted by Gasteiger charge is -2.33. The molecule has 4 rings (SSSR count). The fourth-order valence-corrected chi connectivity index (χ4v) is 3.73. The Morgan fingerprint density at radius 2 is 2.24 bits per heavy atom. The molecular weight excluding hydrogens is 314 g/mol. The van der Waals surface area contributed by atoms with E-state index in [0.29, 0.717) is 11.7 Å². The van der Waals surface area contributed by atoms with Gasteiger partial charge in [-0.25, -0.2) is 9.97 Å². The van der Waals surface area contributed by atoms with Gasteiger partial charge in [-0.1, -0.05) is 13.0 Å². The molecule has 0 unspecified atom stereocenters. The first-order valence-corrected chi connectivity index (χ1v) is 8.93. The number of aryl methyl sites for hydroxylation is 2. The van der Waals surface area contributed by atoms with Crippen molar-refractivity contribution >= 4 is 11.6 Å². The molecule has 6 heteroatoms. The highest BCUT2D eigenvalue weighted by atomic mass is 16.2. The number of rotatable bonds is 3. The van der Waals surface area contributed by atoms with Gasteiger partial charge in [-0.2, -0.15) is 0 Å². The zero-order valence-electron chi connectivity index (χ0n) is 14.7. The molecule has 4 heterocycles. The van der Waals surface area contributed by atoms with E-state index in [0.717, 1.165) is 49.5 Å². The number of piperidine rings is 1. The maximum atomic E-state index is 13.0. The predicted molar refractivity (Wildman–Crippen MR) is 95.7 cm³/mol. The minimum atomic E-state index is 0.0194. The number of hydrogen-bond donors (Lipinski definition) is 0. The second-order valence-electron chi connectivity index (χ2n) is 6.67. The number of amides is 1. The highest BCUT2D eigenvalue weighted by Gasteiger charge is 2.27. The van der Waals surface area contributed by atoms with E-state index >= 15 is 0 Å². The van der Waals surface area contributed by atoms with Crippen molar-refractivity contribution in [3.8, 4) is 0 Å². The van der Waals surface area contributed by atoms with Crippen molar-refractivity contribution in [1.82, 2.24) is 23.8 Å². The summed E-state index contributed by atoms with van der Waals surface area (Å²) in [5.74, 6) is 1.11. The molecular formula is C19H23N5O. The average molecular weight is 337 g/mol. The van der Waals surface area contributed by atoms with Crippen LogP contribution in [0.4, 0.5) is 0 Å². The molecule has 1 atom stereocenters. The van der Waals surface area contributed by atoms with E-state index in [1.54, 1.807) is 0 Å². The zero-order valence-corrected chi connectivity index (χ0v) is 14.7. The Balaban J connectivity index is 1.58. The first-order valence-electron chi connectivity index (χ1n) is 8.93. The van der Waals surface area contributed by atoms with Crippen molar-refractivity contribution in [3.05, 3.63) is 54.0 Å². The Kier molecular flexibility index (Phi) is 4.03. The minimum Gasteiger partial charge on any atom is -0.335 e. The number of carbonyl (C=O) groups is 1. The van der Waals surface area contributed by atoms with Gasteiger partial charge in [0, 0.05) is 43.8 Å². The first-order chi connectivity index (χ1) is 12.2. The van der Waals surface area contributed by atoms with Gasteiger partial charge in [-0.3, -0.25) is 4.79 Å². The summed E-state index contributed by atoms with van der Waals surface area (Å²) in [4.78, 5) is 23.9. The van der Waals surface area contributed by atoms with Gasteiger partial charge in [0.25, 0.3) is 5.91 Å². The number of nitrogens with zero attached hydrogens (tertiary/aromatic N) is 5. The minimum absolute atomic E-state index is 0.0194. The van der Waals surface area contributed by atoms with Gasteiger partial charge < -0.3 is 13.9 Å². The standard InChI is InChI=1S/C19H23N5O/c1-3-17-20-9-11-23(17)15-7-5-10-22(12-15)19(25)16-13-24-14(2)6-4-8-18(24)21-16/h4,6,8-9,11,13,15H,3,5,7,10,12H2,1-2H3/t15-/m1/s1. The van der Waals surface area contributed by atoms with Gasteiger partial charge in [0.1, 0.15) is 17.2 Å². The van der Waals surface area contributed by atoms with Gasteiger partial charge >= 0.3 is 0 Å². The predicted octanol–water partition coefficient (Wildman–Crippen LogP) is 2.88. The summed E-state index contributed by atoms with van der Waals surface area (Å²) in [6.45, 7) is 5.64. The average Bonchev–Trinajstić information content (AvgIpc) is 3.28. The summed E-state index contributed by atoms with van der Waals surface area (Å²) in [6.07, 6.45) is 8.73. The van der Waals surface area contributed by atoms with Crippen LogP contribution in [-0.2, 0) is 6.42 Å². The Morgan fingerprint density at radius 1 is 1.36 bits per heavy atom. The van der Waals surface area contributed by atoms with Gasteiger partial charge in [0.2, 0.25) is 0 Å². The number of imidazole rings is 2. The molecule has 3 aromatic heterocycles. The van der Waals surface area contributed by atoms with E-state index in [9.17, 15) is 4.79 Å². The van der Waals surface area contributed by atoms with E-state index in [4.69, 9.17) is 0 Å². The third-order valence-electron chi connectivity index (χ3n) is 5.06. The van der Waals surface area contributed by atoms with Crippen LogP contribution in [0.3, 0.4) is 0 Å². The molecule has 25 heavy (non-hydrogen) atoms. The smallest absolute Gasteiger partial charge is 0.274 e. The van der Waals surface area contributed by atoms with E-state index < -0.39 is 0 Å². The molecule has 0 bridgehead atoms. The molecule has 6 nitrogen and oxygen atoms in total. The lowest BCUT2D eigenvalue weighted by molar-refractivity contribution is 0.0672. The van der Waals surface area contributed by atoms with Crippen LogP contribution in [0.25, 0.3) is 5.65 Å². The normalized spacial score (nSPS) is 18.0. The molecule has 0 spiro atoms. The summed E-state index contributed by atoms with van der Waals surface area (Å²) in [5.41, 5.74) is 2.42. The third-order valence-corrected chi connectivity index (χ3v) is 5.06. The van der Waals surface area contributed by atoms with Gasteiger partial charge in [0.05, 0.1) is 6.04 Å². The van der Waals surface area contributed by atoms with Crippen LogP contribution in [0, 0.1) is 6.92 Å². The summed E-state index contributed by atoms with van der Waals surface area (Å²) in [5, 5.41) is 0. The monoisotopic (exact) mass is 337 g/mol. The SMILES string of the molecule is CCc1nccn1[C@@H]1CCCN(C(=O)c2cn3c(C)cccc3n2)C1. The molecule has 130 valence electrons. The van der Waals surface area contributed by atoms with E-state index in [-0.39, 0.29) is 5.91 Å². The van der Waals surface area contributed by atoms with Crippen molar-refractivity contribution < 1.29 is 4.79 Å². The van der Waals surface area contributed by atoms with Crippen LogP contribution >= 0.6 is 0 Å². The number of aromatic nitrogens is 4. The number of hydrogen-bond acceptors (Lipinski definition) is 3. The molecule has 0 aliphatic carbocycles. The second-order valence-corrected chi connectivity index (χ2v) is 6.67. The Labute approximate surface area is 147 Å². The molecule has 0 radical (unpaired) electrons. The molecule has 1 aliphatic rings. The van der Waals surface area contributed by atoms with Crippen molar-refractivity contribution in [2.45, 2.75) is 39.2 Å². The van der Waals surface area contributed by atoms with Gasteiger partial charge in [-0.05, 0) is 31.9 Å². The topological polar surface area (TPSA) is 55.4 Å². The van der Waals surface area contributed by atoms with Crippen LogP contribution in [0.2, 0.25) is 0 Å². The third kappa shape index (κ3) is 2.81. The molecule has 0 aromatic carbocycles. The van der Waals surface area contributed by atoms with Crippen molar-refractivity contribution in [2.75, 3.05) is 13.1 Å². The van der Waals surface area contributed by atoms with Crippen LogP contribution < -0.4 is 0 Å². The van der Waals surface area contributed by atoms with Crippen LogP contribution in [0.5, 0.6) is 0 Å². The quantitative estimate of drug-likeness (QED) is 0.738. The molecule has 1 saturated heterocycles. The molecule has 1 aliphatic heterocycles. The zero-order chi connectivity index (χ0) is 17.4. The summed E-state index contributed by atoms with van der Waals surface area (Å²) in [6, 6.07) is 6.22. The summed E-state index contributed by atoms with van der Waals surface area (Å²) < 4.78 is 4.20. The van der Waals surface area contributed by atoms with Crippen molar-refractivity contribution in [2.24, 2.45) is 0 Å². The molecule has 0 N–H and O–H groups in total. The molecule has 0 saturated carbocycles. The van der Waals surface area contributed by atoms with E-state index in [1.165, 1.54) is 0 Å². The maximum Gasteiger partial charge on any atom is 0.274 e. The van der Waals surface area contributed by atoms with E-state index in [2.05, 4.69) is 21.5 Å². The van der Waals surface area contributed by atoms with Crippen LogP contribution in [-0.4, -0.2) is 42.8 Å². The fraction of sp³-hybridized carbons (Fsp3) is 0.421. The largest absolute Gasteiger partial charge is 0.335 e. The Morgan fingerprint density at radius 3 is 3.04 bits per heavy atom. The number of carbonyl (C=O) groups excluding carboxylic acids is 1. The highest BCUT2D eigenvalue weighted by molar-refractivity contribution is 5.93. The number of fused-ring (bicyclic) bond motifs is 1. The van der Waals surface area contributed by atoms with Crippen LogP contribution in [0.1, 0.15) is 47.8 Å². The first kappa shape index (κ1) is 15.9. The molecule has 1 amide bonds. The van der Waals surface area contributed by atoms with Gasteiger partial charge in [0.15, 0.2) is 0 Å². The van der Waals surface area contributed by atoms with Crippen molar-refractivity contribution in [3.63, 3.8) is 0 Å². The molecule has 1 fully saturated rings. The summed E-state index contributed by atoms with van der Waals surface area (Å²) >= 11 is 0. The lowest BCUT2D eigenvalue weighted by atomic mass is 10.0. The fourth-order valence-electron chi connectivity index (χ4n) is 3.73. The number of pyridine rings is 1. The maximum absolute atomic E-state index is 13.0. The van der Waals surface area contributed by atoms with Gasteiger partial charge in [-0.15, -0.1) is 0 Å². The highest BCUT2D eigenvalue weighted by Crippen LogP contribution is 2.24. The molecule has 3 aromatic rings.